The first-order valence-electron chi connectivity index (χ1n) is 17.0. The predicted octanol–water partition coefficient (Wildman–Crippen LogP) is 10.5. The number of pyridine rings is 1. The number of nitrogens with zero attached hydrogens (tertiary/aromatic N) is 4. The SMILES string of the molecule is Cc1cc(S(=O)(=O)c2ccccc2)cc(C)c1-c1cnn(-c2cc(Oc3ccc4c5ccccc5n(-c5cc(F)ccn5)c4c3)cc(C(C)C)c2)c1. The van der Waals surface area contributed by atoms with Gasteiger partial charge in [0.25, 0.3) is 0 Å². The number of hydrogen-bond acceptors (Lipinski definition) is 5. The van der Waals surface area contributed by atoms with E-state index in [0.717, 1.165) is 55.3 Å². The lowest BCUT2D eigenvalue weighted by Crippen LogP contribution is -2.03. The summed E-state index contributed by atoms with van der Waals surface area (Å²) in [7, 11) is -3.66. The van der Waals surface area contributed by atoms with Crippen LogP contribution in [0.2, 0.25) is 0 Å². The van der Waals surface area contributed by atoms with Gasteiger partial charge < -0.3 is 4.74 Å². The van der Waals surface area contributed by atoms with Crippen LogP contribution < -0.4 is 4.74 Å². The van der Waals surface area contributed by atoms with Crippen molar-refractivity contribution in [1.29, 1.82) is 0 Å². The first-order valence-corrected chi connectivity index (χ1v) is 18.5. The molecule has 0 fully saturated rings. The zero-order valence-electron chi connectivity index (χ0n) is 29.1. The Balaban J connectivity index is 1.15. The Hall–Kier alpha value is -6.06. The molecule has 0 atom stereocenters. The lowest BCUT2D eigenvalue weighted by molar-refractivity contribution is 0.481. The highest BCUT2D eigenvalue weighted by molar-refractivity contribution is 7.91. The van der Waals surface area contributed by atoms with Crippen LogP contribution in [0.5, 0.6) is 11.5 Å². The van der Waals surface area contributed by atoms with E-state index in [9.17, 15) is 12.8 Å². The lowest BCUT2D eigenvalue weighted by atomic mass is 9.98. The monoisotopic (exact) mass is 706 g/mol. The van der Waals surface area contributed by atoms with Gasteiger partial charge in [-0.2, -0.15) is 5.10 Å². The number of rotatable bonds is 8. The zero-order valence-corrected chi connectivity index (χ0v) is 29.9. The summed E-state index contributed by atoms with van der Waals surface area (Å²) in [5.74, 6) is 1.61. The Morgan fingerprint density at radius 2 is 1.46 bits per heavy atom. The minimum Gasteiger partial charge on any atom is -0.457 e. The van der Waals surface area contributed by atoms with Gasteiger partial charge in [-0.25, -0.2) is 22.5 Å². The third-order valence-electron chi connectivity index (χ3n) is 9.40. The second-order valence-electron chi connectivity index (χ2n) is 13.3. The summed E-state index contributed by atoms with van der Waals surface area (Å²) in [6, 6.07) is 34.7. The molecule has 0 unspecified atom stereocenters. The Labute approximate surface area is 301 Å². The number of aryl methyl sites for hydroxylation is 2. The zero-order chi connectivity index (χ0) is 36.1. The third kappa shape index (κ3) is 5.92. The first kappa shape index (κ1) is 33.1. The molecule has 0 amide bonds. The van der Waals surface area contributed by atoms with Crippen molar-refractivity contribution in [3.8, 4) is 34.1 Å². The Bertz CT molecular complexity index is 2730. The number of fused-ring (bicyclic) bond motifs is 3. The van der Waals surface area contributed by atoms with E-state index in [-0.39, 0.29) is 21.5 Å². The van der Waals surface area contributed by atoms with Crippen molar-refractivity contribution in [2.24, 2.45) is 0 Å². The molecule has 0 bridgehead atoms. The molecule has 0 radical (unpaired) electrons. The van der Waals surface area contributed by atoms with Gasteiger partial charge >= 0.3 is 0 Å². The van der Waals surface area contributed by atoms with Crippen molar-refractivity contribution >= 4 is 31.6 Å². The molecule has 3 aromatic heterocycles. The van der Waals surface area contributed by atoms with Crippen LogP contribution in [0.1, 0.15) is 36.5 Å². The maximum Gasteiger partial charge on any atom is 0.206 e. The summed E-state index contributed by atoms with van der Waals surface area (Å²) in [5, 5.41) is 6.77. The van der Waals surface area contributed by atoms with E-state index in [1.54, 1.807) is 48.7 Å². The molecule has 0 N–H and O–H groups in total. The second-order valence-corrected chi connectivity index (χ2v) is 15.3. The summed E-state index contributed by atoms with van der Waals surface area (Å²) in [4.78, 5) is 5.01. The van der Waals surface area contributed by atoms with Gasteiger partial charge in [0.05, 0.1) is 32.7 Å². The highest BCUT2D eigenvalue weighted by atomic mass is 32.2. The molecule has 0 aliphatic rings. The van der Waals surface area contributed by atoms with E-state index in [1.807, 2.05) is 77.8 Å². The first-order chi connectivity index (χ1) is 25.1. The van der Waals surface area contributed by atoms with Crippen molar-refractivity contribution in [3.05, 3.63) is 156 Å². The summed E-state index contributed by atoms with van der Waals surface area (Å²) in [6.07, 6.45) is 5.23. The molecule has 52 heavy (non-hydrogen) atoms. The number of hydrogen-bond donors (Lipinski definition) is 0. The molecule has 9 heteroatoms. The second kappa shape index (κ2) is 12.9. The van der Waals surface area contributed by atoms with Gasteiger partial charge in [-0.05, 0) is 103 Å². The van der Waals surface area contributed by atoms with E-state index in [2.05, 4.69) is 31.0 Å². The number of benzene rings is 5. The van der Waals surface area contributed by atoms with Crippen LogP contribution in [0.3, 0.4) is 0 Å². The van der Waals surface area contributed by atoms with Crippen LogP contribution in [-0.2, 0) is 9.84 Å². The number of ether oxygens (including phenoxy) is 1. The van der Waals surface area contributed by atoms with Crippen LogP contribution >= 0.6 is 0 Å². The minimum absolute atomic E-state index is 0.213. The Morgan fingerprint density at radius 3 is 2.21 bits per heavy atom. The Morgan fingerprint density at radius 1 is 0.731 bits per heavy atom. The number of sulfone groups is 1. The molecule has 8 rings (SSSR count). The molecule has 0 saturated heterocycles. The molecule has 8 aromatic rings. The highest BCUT2D eigenvalue weighted by Crippen LogP contribution is 2.37. The highest BCUT2D eigenvalue weighted by Gasteiger charge is 2.21. The van der Waals surface area contributed by atoms with Gasteiger partial charge in [0, 0.05) is 46.9 Å². The average Bonchev–Trinajstić information content (AvgIpc) is 3.75. The maximum absolute atomic E-state index is 14.4. The fourth-order valence-corrected chi connectivity index (χ4v) is 8.36. The molecule has 5 aromatic carbocycles. The molecule has 0 aliphatic heterocycles. The molecular weight excluding hydrogens is 672 g/mol. The number of para-hydroxylation sites is 1. The molecule has 0 aliphatic carbocycles. The normalized spacial score (nSPS) is 11.9. The largest absolute Gasteiger partial charge is 0.457 e. The van der Waals surface area contributed by atoms with Crippen molar-refractivity contribution in [1.82, 2.24) is 19.3 Å². The van der Waals surface area contributed by atoms with E-state index in [1.165, 1.54) is 18.3 Å². The summed E-state index contributed by atoms with van der Waals surface area (Å²) in [6.45, 7) is 8.11. The van der Waals surface area contributed by atoms with Gasteiger partial charge in [0.2, 0.25) is 9.84 Å². The smallest absolute Gasteiger partial charge is 0.206 e. The molecular formula is C43H35FN4O3S. The van der Waals surface area contributed by atoms with Crippen LogP contribution in [0.15, 0.2) is 144 Å². The quantitative estimate of drug-likeness (QED) is 0.157. The summed E-state index contributed by atoms with van der Waals surface area (Å²) in [5.41, 5.74) is 7.17. The van der Waals surface area contributed by atoms with Gasteiger partial charge in [-0.1, -0.05) is 50.2 Å². The molecule has 0 spiro atoms. The molecule has 3 heterocycles. The number of halogens is 1. The van der Waals surface area contributed by atoms with Gasteiger partial charge in [0.1, 0.15) is 23.1 Å². The summed E-state index contributed by atoms with van der Waals surface area (Å²) < 4.78 is 51.4. The Kier molecular flexibility index (Phi) is 8.23. The van der Waals surface area contributed by atoms with Crippen molar-refractivity contribution < 1.29 is 17.5 Å². The summed E-state index contributed by atoms with van der Waals surface area (Å²) >= 11 is 0. The fraction of sp³-hybridized carbons (Fsp3) is 0.116. The predicted molar refractivity (Wildman–Crippen MR) is 203 cm³/mol. The van der Waals surface area contributed by atoms with E-state index >= 15 is 0 Å². The number of aromatic nitrogens is 4. The van der Waals surface area contributed by atoms with Crippen LogP contribution in [0.25, 0.3) is 44.4 Å². The topological polar surface area (TPSA) is 79.0 Å². The maximum atomic E-state index is 14.4. The van der Waals surface area contributed by atoms with Gasteiger partial charge in [-0.3, -0.25) is 4.57 Å². The van der Waals surface area contributed by atoms with Crippen molar-refractivity contribution in [3.63, 3.8) is 0 Å². The van der Waals surface area contributed by atoms with E-state index in [0.29, 0.717) is 17.3 Å². The van der Waals surface area contributed by atoms with Crippen LogP contribution in [0.4, 0.5) is 4.39 Å². The fourth-order valence-electron chi connectivity index (χ4n) is 6.91. The molecule has 258 valence electrons. The molecule has 0 saturated carbocycles. The van der Waals surface area contributed by atoms with Crippen LogP contribution in [0, 0.1) is 19.7 Å². The third-order valence-corrected chi connectivity index (χ3v) is 11.2. The molecule has 7 nitrogen and oxygen atoms in total. The van der Waals surface area contributed by atoms with Crippen molar-refractivity contribution in [2.45, 2.75) is 43.4 Å². The minimum atomic E-state index is -3.66. The van der Waals surface area contributed by atoms with Crippen molar-refractivity contribution in [2.75, 3.05) is 0 Å². The standard InChI is InChI=1S/C43H35FN4O3S/c1-27(2)30-20-33(47-26-31(25-46-47)43-28(3)18-37(19-29(43)4)52(49,50)36-10-6-5-7-11-36)23-35(21-30)51-34-14-15-39-38-12-8-9-13-40(38)48(41(39)24-34)42-22-32(44)16-17-45-42/h5-27H,1-4H3. The van der Waals surface area contributed by atoms with E-state index in [4.69, 9.17) is 9.84 Å². The van der Waals surface area contributed by atoms with Gasteiger partial charge in [-0.15, -0.1) is 0 Å². The lowest BCUT2D eigenvalue weighted by Gasteiger charge is -2.14. The van der Waals surface area contributed by atoms with Gasteiger partial charge in [0.15, 0.2) is 0 Å². The van der Waals surface area contributed by atoms with E-state index < -0.39 is 9.84 Å². The average molecular weight is 707 g/mol. The van der Waals surface area contributed by atoms with Crippen LogP contribution in [-0.4, -0.2) is 27.7 Å².